The maximum absolute atomic E-state index is 13.4. The Morgan fingerprint density at radius 1 is 1.30 bits per heavy atom. The Morgan fingerprint density at radius 3 is 2.90 bits per heavy atom. The zero-order chi connectivity index (χ0) is 13.9. The molecule has 1 aromatic carbocycles. The van der Waals surface area contributed by atoms with Crippen molar-refractivity contribution in [2.75, 3.05) is 0 Å². The van der Waals surface area contributed by atoms with Crippen molar-refractivity contribution in [3.05, 3.63) is 59.2 Å². The third kappa shape index (κ3) is 3.25. The van der Waals surface area contributed by atoms with Gasteiger partial charge in [0.1, 0.15) is 5.82 Å². The van der Waals surface area contributed by atoms with Crippen LogP contribution in [-0.2, 0) is 13.1 Å². The Morgan fingerprint density at radius 2 is 2.15 bits per heavy atom. The minimum absolute atomic E-state index is 0.359. The molecule has 4 heteroatoms. The van der Waals surface area contributed by atoms with Gasteiger partial charge in [-0.2, -0.15) is 5.26 Å². The number of halogens is 1. The van der Waals surface area contributed by atoms with E-state index in [0.717, 1.165) is 12.1 Å². The lowest BCUT2D eigenvalue weighted by atomic mass is 10.1. The Hall–Kier alpha value is -2.12. The molecule has 0 saturated heterocycles. The fourth-order valence-corrected chi connectivity index (χ4v) is 2.26. The summed E-state index contributed by atoms with van der Waals surface area (Å²) < 4.78 is 15.4. The molecule has 1 aromatic heterocycles. The molecular weight excluding hydrogens is 253 g/mol. The van der Waals surface area contributed by atoms with E-state index in [4.69, 9.17) is 5.26 Å². The molecule has 1 aliphatic rings. The first kappa shape index (κ1) is 12.9. The van der Waals surface area contributed by atoms with Crippen LogP contribution in [-0.4, -0.2) is 10.6 Å². The average Bonchev–Trinajstić information content (AvgIpc) is 3.16. The second-order valence-corrected chi connectivity index (χ2v) is 5.31. The predicted octanol–water partition coefficient (Wildman–Crippen LogP) is 2.80. The van der Waals surface area contributed by atoms with Gasteiger partial charge in [-0.3, -0.25) is 0 Å². The smallest absolute Gasteiger partial charge is 0.124 e. The molecule has 1 heterocycles. The predicted molar refractivity (Wildman–Crippen MR) is 74.5 cm³/mol. The molecule has 0 spiro atoms. The highest BCUT2D eigenvalue weighted by atomic mass is 19.1. The molecule has 1 aliphatic carbocycles. The topological polar surface area (TPSA) is 40.8 Å². The van der Waals surface area contributed by atoms with Gasteiger partial charge >= 0.3 is 0 Å². The van der Waals surface area contributed by atoms with Crippen LogP contribution >= 0.6 is 0 Å². The van der Waals surface area contributed by atoms with Gasteiger partial charge < -0.3 is 9.88 Å². The number of hydrogen-bond donors (Lipinski definition) is 1. The summed E-state index contributed by atoms with van der Waals surface area (Å²) in [5.74, 6) is -0.359. The Balaban J connectivity index is 1.67. The molecule has 0 amide bonds. The van der Waals surface area contributed by atoms with E-state index < -0.39 is 0 Å². The molecule has 0 unspecified atom stereocenters. The van der Waals surface area contributed by atoms with Crippen molar-refractivity contribution >= 4 is 0 Å². The SMILES string of the molecule is N#Cc1cc(F)cc(Cn2ccc(CNC3CC3)c2)c1. The maximum Gasteiger partial charge on any atom is 0.124 e. The second-order valence-electron chi connectivity index (χ2n) is 5.31. The zero-order valence-electron chi connectivity index (χ0n) is 11.1. The quantitative estimate of drug-likeness (QED) is 0.906. The molecule has 1 N–H and O–H groups in total. The molecule has 3 rings (SSSR count). The highest BCUT2D eigenvalue weighted by molar-refractivity contribution is 5.34. The summed E-state index contributed by atoms with van der Waals surface area (Å²) in [6.45, 7) is 1.46. The molecular formula is C16H16FN3. The van der Waals surface area contributed by atoms with E-state index in [1.807, 2.05) is 16.8 Å². The van der Waals surface area contributed by atoms with Crippen LogP contribution in [0.5, 0.6) is 0 Å². The maximum atomic E-state index is 13.4. The van der Waals surface area contributed by atoms with E-state index in [1.54, 1.807) is 6.07 Å². The van der Waals surface area contributed by atoms with Crippen molar-refractivity contribution in [1.82, 2.24) is 9.88 Å². The van der Waals surface area contributed by atoms with Crippen molar-refractivity contribution in [1.29, 1.82) is 5.26 Å². The molecule has 3 nitrogen and oxygen atoms in total. The van der Waals surface area contributed by atoms with E-state index in [1.165, 1.54) is 30.5 Å². The second kappa shape index (κ2) is 5.48. The number of aromatic nitrogens is 1. The first-order chi connectivity index (χ1) is 9.72. The summed E-state index contributed by atoms with van der Waals surface area (Å²) >= 11 is 0. The average molecular weight is 269 g/mol. The number of hydrogen-bond acceptors (Lipinski definition) is 2. The van der Waals surface area contributed by atoms with Gasteiger partial charge in [0, 0.05) is 31.5 Å². The van der Waals surface area contributed by atoms with Gasteiger partial charge in [-0.15, -0.1) is 0 Å². The van der Waals surface area contributed by atoms with Crippen molar-refractivity contribution in [3.63, 3.8) is 0 Å². The molecule has 0 radical (unpaired) electrons. The first-order valence-corrected chi connectivity index (χ1v) is 6.80. The highest BCUT2D eigenvalue weighted by Crippen LogP contribution is 2.19. The van der Waals surface area contributed by atoms with Crippen LogP contribution in [0.25, 0.3) is 0 Å². The summed E-state index contributed by atoms with van der Waals surface area (Å²) in [6, 6.07) is 9.20. The van der Waals surface area contributed by atoms with Gasteiger partial charge in [0.15, 0.2) is 0 Å². The van der Waals surface area contributed by atoms with E-state index in [0.29, 0.717) is 18.2 Å². The standard InChI is InChI=1S/C16H16FN3/c17-15-6-13(8-18)5-14(7-15)11-20-4-3-12(10-20)9-19-16-1-2-16/h3-7,10,16,19H,1-2,9,11H2. The molecule has 1 saturated carbocycles. The van der Waals surface area contributed by atoms with Gasteiger partial charge in [-0.1, -0.05) is 0 Å². The largest absolute Gasteiger partial charge is 0.350 e. The van der Waals surface area contributed by atoms with Gasteiger partial charge in [0.05, 0.1) is 11.6 Å². The Labute approximate surface area is 117 Å². The van der Waals surface area contributed by atoms with Gasteiger partial charge in [0.2, 0.25) is 0 Å². The first-order valence-electron chi connectivity index (χ1n) is 6.80. The normalized spacial score (nSPS) is 14.2. The summed E-state index contributed by atoms with van der Waals surface area (Å²) in [5.41, 5.74) is 2.40. The molecule has 0 atom stereocenters. The summed E-state index contributed by atoms with van der Waals surface area (Å²) in [5, 5.41) is 12.3. The molecule has 2 aromatic rings. The van der Waals surface area contributed by atoms with Crippen LogP contribution in [0.1, 0.15) is 29.5 Å². The number of nitrogens with one attached hydrogen (secondary N) is 1. The monoisotopic (exact) mass is 269 g/mol. The Bertz CT molecular complexity index is 650. The number of nitriles is 1. The number of nitrogens with zero attached hydrogens (tertiary/aromatic N) is 2. The van der Waals surface area contributed by atoms with E-state index >= 15 is 0 Å². The third-order valence-corrected chi connectivity index (χ3v) is 3.44. The van der Waals surface area contributed by atoms with E-state index in [-0.39, 0.29) is 5.82 Å². The lowest BCUT2D eigenvalue weighted by Gasteiger charge is -2.04. The number of rotatable bonds is 5. The van der Waals surface area contributed by atoms with Crippen LogP contribution in [0.15, 0.2) is 36.7 Å². The van der Waals surface area contributed by atoms with Crippen LogP contribution in [0.2, 0.25) is 0 Å². The summed E-state index contributed by atoms with van der Waals surface area (Å²) in [4.78, 5) is 0. The molecule has 20 heavy (non-hydrogen) atoms. The fraction of sp³-hybridized carbons (Fsp3) is 0.312. The lowest BCUT2D eigenvalue weighted by molar-refractivity contribution is 0.623. The van der Waals surface area contributed by atoms with Crippen molar-refractivity contribution in [2.45, 2.75) is 32.0 Å². The van der Waals surface area contributed by atoms with Crippen LogP contribution in [0.4, 0.5) is 4.39 Å². The van der Waals surface area contributed by atoms with Crippen molar-refractivity contribution in [2.24, 2.45) is 0 Å². The van der Waals surface area contributed by atoms with E-state index in [2.05, 4.69) is 17.6 Å². The zero-order valence-corrected chi connectivity index (χ0v) is 11.1. The lowest BCUT2D eigenvalue weighted by Crippen LogP contribution is -2.14. The van der Waals surface area contributed by atoms with E-state index in [9.17, 15) is 4.39 Å². The molecule has 0 bridgehead atoms. The summed E-state index contributed by atoms with van der Waals surface area (Å²) in [7, 11) is 0. The molecule has 0 aliphatic heterocycles. The minimum atomic E-state index is -0.359. The molecule has 102 valence electrons. The van der Waals surface area contributed by atoms with Crippen LogP contribution in [0.3, 0.4) is 0 Å². The minimum Gasteiger partial charge on any atom is -0.350 e. The fourth-order valence-electron chi connectivity index (χ4n) is 2.26. The highest BCUT2D eigenvalue weighted by Gasteiger charge is 2.19. The number of benzene rings is 1. The van der Waals surface area contributed by atoms with Crippen LogP contribution in [0, 0.1) is 17.1 Å². The van der Waals surface area contributed by atoms with Gasteiger partial charge in [-0.05, 0) is 48.2 Å². The summed E-state index contributed by atoms with van der Waals surface area (Å²) in [6.07, 6.45) is 6.61. The Kier molecular flexibility index (Phi) is 3.53. The van der Waals surface area contributed by atoms with Gasteiger partial charge in [-0.25, -0.2) is 4.39 Å². The van der Waals surface area contributed by atoms with Crippen molar-refractivity contribution < 1.29 is 4.39 Å². The van der Waals surface area contributed by atoms with Gasteiger partial charge in [0.25, 0.3) is 0 Å². The van der Waals surface area contributed by atoms with Crippen molar-refractivity contribution in [3.8, 4) is 6.07 Å². The molecule has 1 fully saturated rings. The third-order valence-electron chi connectivity index (χ3n) is 3.44. The van der Waals surface area contributed by atoms with Crippen LogP contribution < -0.4 is 5.32 Å².